The number of piperazine rings is 1. The maximum atomic E-state index is 12.7. The highest BCUT2D eigenvalue weighted by molar-refractivity contribution is 5.75. The van der Waals surface area contributed by atoms with Crippen molar-refractivity contribution in [2.24, 2.45) is 0 Å². The summed E-state index contributed by atoms with van der Waals surface area (Å²) in [5.74, 6) is 2.05. The second kappa shape index (κ2) is 9.12. The van der Waals surface area contributed by atoms with E-state index in [1.54, 1.807) is 13.3 Å². The number of urea groups is 1. The Morgan fingerprint density at radius 3 is 2.52 bits per heavy atom. The van der Waals surface area contributed by atoms with Gasteiger partial charge in [0.15, 0.2) is 11.7 Å². The molecule has 0 radical (unpaired) electrons. The molecule has 2 heterocycles. The Balaban J connectivity index is 1.37. The normalized spacial score (nSPS) is 14.9. The molecule has 0 aliphatic carbocycles. The Morgan fingerprint density at radius 1 is 1.13 bits per heavy atom. The van der Waals surface area contributed by atoms with Gasteiger partial charge in [0.2, 0.25) is 0 Å². The first-order chi connectivity index (χ1) is 15.0. The van der Waals surface area contributed by atoms with E-state index < -0.39 is 0 Å². The highest BCUT2D eigenvalue weighted by Crippen LogP contribution is 2.34. The van der Waals surface area contributed by atoms with Crippen molar-refractivity contribution >= 4 is 11.7 Å². The summed E-state index contributed by atoms with van der Waals surface area (Å²) in [6, 6.07) is 16.0. The molecule has 2 aromatic carbocycles. The molecule has 31 heavy (non-hydrogen) atoms. The van der Waals surface area contributed by atoms with Crippen LogP contribution >= 0.6 is 0 Å². The Labute approximate surface area is 182 Å². The van der Waals surface area contributed by atoms with Crippen LogP contribution in [0.25, 0.3) is 11.3 Å². The topological polar surface area (TPSA) is 70.8 Å². The van der Waals surface area contributed by atoms with Crippen molar-refractivity contribution in [3.05, 3.63) is 66.2 Å². The van der Waals surface area contributed by atoms with E-state index >= 15 is 0 Å². The third-order valence-electron chi connectivity index (χ3n) is 5.64. The summed E-state index contributed by atoms with van der Waals surface area (Å²) in [5, 5.41) is 3.10. The van der Waals surface area contributed by atoms with Gasteiger partial charge in [-0.3, -0.25) is 0 Å². The summed E-state index contributed by atoms with van der Waals surface area (Å²) in [7, 11) is 1.65. The molecule has 0 unspecified atom stereocenters. The Morgan fingerprint density at radius 2 is 1.87 bits per heavy atom. The number of aryl methyl sites for hydroxylation is 1. The lowest BCUT2D eigenvalue weighted by molar-refractivity contribution is 0.191. The molecule has 0 bridgehead atoms. The number of anilines is 1. The fourth-order valence-electron chi connectivity index (χ4n) is 3.84. The van der Waals surface area contributed by atoms with Crippen LogP contribution in [0.5, 0.6) is 5.75 Å². The summed E-state index contributed by atoms with van der Waals surface area (Å²) in [6.45, 7) is 6.68. The number of aromatic nitrogens is 1. The van der Waals surface area contributed by atoms with Gasteiger partial charge in [-0.25, -0.2) is 9.78 Å². The molecule has 1 aromatic heterocycles. The third kappa shape index (κ3) is 4.66. The number of ether oxygens (including phenoxy) is 1. The van der Waals surface area contributed by atoms with Gasteiger partial charge in [0.25, 0.3) is 0 Å². The second-order valence-electron chi connectivity index (χ2n) is 7.68. The highest BCUT2D eigenvalue weighted by atomic mass is 16.5. The zero-order chi connectivity index (χ0) is 21.8. The number of benzene rings is 2. The predicted molar refractivity (Wildman–Crippen MR) is 120 cm³/mol. The molecule has 7 heteroatoms. The van der Waals surface area contributed by atoms with E-state index in [1.165, 1.54) is 0 Å². The van der Waals surface area contributed by atoms with Gasteiger partial charge in [-0.15, -0.1) is 0 Å². The lowest BCUT2D eigenvalue weighted by Gasteiger charge is -2.36. The number of hydrogen-bond acceptors (Lipinski definition) is 5. The lowest BCUT2D eigenvalue weighted by atomic mass is 10.1. The maximum absolute atomic E-state index is 12.7. The van der Waals surface area contributed by atoms with Gasteiger partial charge in [-0.1, -0.05) is 30.3 Å². The van der Waals surface area contributed by atoms with Gasteiger partial charge < -0.3 is 24.3 Å². The van der Waals surface area contributed by atoms with Crippen LogP contribution in [-0.2, 0) is 0 Å². The van der Waals surface area contributed by atoms with Crippen LogP contribution in [0, 0.1) is 6.92 Å². The van der Waals surface area contributed by atoms with Crippen LogP contribution in [0.4, 0.5) is 10.5 Å². The van der Waals surface area contributed by atoms with Gasteiger partial charge in [0.05, 0.1) is 24.9 Å². The number of methoxy groups -OCH3 is 1. The fourth-order valence-corrected chi connectivity index (χ4v) is 3.84. The van der Waals surface area contributed by atoms with Crippen LogP contribution in [0.1, 0.15) is 24.4 Å². The zero-order valence-electron chi connectivity index (χ0n) is 18.2. The van der Waals surface area contributed by atoms with Crippen molar-refractivity contribution in [2.45, 2.75) is 19.9 Å². The molecule has 1 aliphatic rings. The third-order valence-corrected chi connectivity index (χ3v) is 5.64. The fraction of sp³-hybridized carbons (Fsp3) is 0.333. The molecule has 162 valence electrons. The predicted octanol–water partition coefficient (Wildman–Crippen LogP) is 4.25. The number of hydrogen-bond donors (Lipinski definition) is 1. The number of nitrogens with zero attached hydrogens (tertiary/aromatic N) is 3. The number of oxazole rings is 1. The average molecular weight is 421 g/mol. The van der Waals surface area contributed by atoms with Gasteiger partial charge in [-0.05, 0) is 24.6 Å². The Kier molecular flexibility index (Phi) is 6.11. The molecule has 7 nitrogen and oxygen atoms in total. The number of nitrogens with one attached hydrogen (secondary N) is 1. The maximum Gasteiger partial charge on any atom is 0.317 e. The molecular weight excluding hydrogens is 392 g/mol. The van der Waals surface area contributed by atoms with E-state index in [9.17, 15) is 4.79 Å². The van der Waals surface area contributed by atoms with Crippen molar-refractivity contribution in [2.75, 3.05) is 38.2 Å². The minimum Gasteiger partial charge on any atom is -0.496 e. The summed E-state index contributed by atoms with van der Waals surface area (Å²) in [4.78, 5) is 21.0. The van der Waals surface area contributed by atoms with E-state index in [1.807, 2.05) is 61.2 Å². The Bertz CT molecular complexity index is 1030. The number of carbonyl (C=O) groups is 1. The lowest BCUT2D eigenvalue weighted by Crippen LogP contribution is -2.52. The molecule has 0 spiro atoms. The molecular formula is C24H28N4O3. The summed E-state index contributed by atoms with van der Waals surface area (Å²) in [6.07, 6.45) is 1.71. The smallest absolute Gasteiger partial charge is 0.317 e. The van der Waals surface area contributed by atoms with Gasteiger partial charge in [-0.2, -0.15) is 0 Å². The van der Waals surface area contributed by atoms with E-state index in [4.69, 9.17) is 9.15 Å². The van der Waals surface area contributed by atoms with E-state index in [-0.39, 0.29) is 12.1 Å². The first-order valence-corrected chi connectivity index (χ1v) is 10.5. The highest BCUT2D eigenvalue weighted by Gasteiger charge is 2.23. The monoisotopic (exact) mass is 420 g/mol. The van der Waals surface area contributed by atoms with E-state index in [2.05, 4.69) is 21.3 Å². The molecule has 1 N–H and O–H groups in total. The number of carbonyl (C=O) groups excluding carboxylic acids is 1. The van der Waals surface area contributed by atoms with Crippen molar-refractivity contribution in [3.8, 4) is 17.1 Å². The summed E-state index contributed by atoms with van der Waals surface area (Å²) < 4.78 is 11.2. The molecule has 1 fully saturated rings. The first-order valence-electron chi connectivity index (χ1n) is 10.5. The number of rotatable bonds is 5. The van der Waals surface area contributed by atoms with Gasteiger partial charge in [0.1, 0.15) is 5.75 Å². The molecule has 1 atom stereocenters. The van der Waals surface area contributed by atoms with Crippen molar-refractivity contribution in [3.63, 3.8) is 0 Å². The van der Waals surface area contributed by atoms with E-state index in [0.717, 1.165) is 35.7 Å². The largest absolute Gasteiger partial charge is 0.496 e. The summed E-state index contributed by atoms with van der Waals surface area (Å²) in [5.41, 5.74) is 3.04. The van der Waals surface area contributed by atoms with Crippen molar-refractivity contribution < 1.29 is 13.9 Å². The molecule has 1 aliphatic heterocycles. The number of amides is 2. The van der Waals surface area contributed by atoms with E-state index in [0.29, 0.717) is 24.7 Å². The van der Waals surface area contributed by atoms with Gasteiger partial charge >= 0.3 is 6.03 Å². The van der Waals surface area contributed by atoms with Crippen LogP contribution < -0.4 is 15.0 Å². The summed E-state index contributed by atoms with van der Waals surface area (Å²) >= 11 is 0. The Hall–Kier alpha value is -3.48. The SMILES string of the molecule is COc1cc(N2CCN(C(=O)N[C@@H](C)c3ccccc3)CC2)ccc1-c1cnc(C)o1. The van der Waals surface area contributed by atoms with Gasteiger partial charge in [0, 0.05) is 44.9 Å². The molecule has 3 aromatic rings. The quantitative estimate of drug-likeness (QED) is 0.668. The average Bonchev–Trinajstić information content (AvgIpc) is 3.25. The minimum atomic E-state index is -0.0248. The van der Waals surface area contributed by atoms with Crippen molar-refractivity contribution in [1.82, 2.24) is 15.2 Å². The zero-order valence-corrected chi connectivity index (χ0v) is 18.2. The first kappa shape index (κ1) is 20.8. The van der Waals surface area contributed by atoms with Crippen LogP contribution in [0.2, 0.25) is 0 Å². The van der Waals surface area contributed by atoms with Crippen LogP contribution in [0.3, 0.4) is 0 Å². The molecule has 0 saturated carbocycles. The minimum absolute atomic E-state index is 0.0235. The molecule has 2 amide bonds. The van der Waals surface area contributed by atoms with Crippen molar-refractivity contribution in [1.29, 1.82) is 0 Å². The molecule has 4 rings (SSSR count). The standard InChI is InChI=1S/C24H28N4O3/c1-17(19-7-5-4-6-8-19)26-24(29)28-13-11-27(12-14-28)20-9-10-21(22(15-20)30-3)23-16-25-18(2)31-23/h4-10,15-17H,11-14H2,1-3H3,(H,26,29)/t17-/m0/s1. The van der Waals surface area contributed by atoms with Crippen LogP contribution in [-0.4, -0.2) is 49.2 Å². The van der Waals surface area contributed by atoms with Crippen LogP contribution in [0.15, 0.2) is 59.1 Å². The molecule has 1 saturated heterocycles. The second-order valence-corrected chi connectivity index (χ2v) is 7.68.